The van der Waals surface area contributed by atoms with Crippen LogP contribution >= 0.6 is 0 Å². The third-order valence-electron chi connectivity index (χ3n) is 4.91. The monoisotopic (exact) mass is 343 g/mol. The molecule has 1 saturated heterocycles. The molecule has 1 aromatic carbocycles. The average molecular weight is 343 g/mol. The molecule has 2 aromatic rings. The lowest BCUT2D eigenvalue weighted by Gasteiger charge is -2.36. The number of rotatable bonds is 5. The van der Waals surface area contributed by atoms with E-state index in [1.165, 1.54) is 16.6 Å². The summed E-state index contributed by atoms with van der Waals surface area (Å²) in [4.78, 5) is 18.0. The lowest BCUT2D eigenvalue weighted by atomic mass is 10.0. The molecule has 5 heteroatoms. The number of carbonyl (C=O) groups excluding carboxylic acids is 1. The Morgan fingerprint density at radius 2 is 2.20 bits per heavy atom. The average Bonchev–Trinajstić information content (AvgIpc) is 2.90. The number of aromatic nitrogens is 1. The van der Waals surface area contributed by atoms with E-state index in [1.807, 2.05) is 11.0 Å². The Bertz CT molecular complexity index is 723. The highest BCUT2D eigenvalue weighted by Gasteiger charge is 2.27. The number of hydrogen-bond acceptors (Lipinski definition) is 2. The molecule has 2 N–H and O–H groups in total. The number of nitrogens with one attached hydrogen (secondary N) is 2. The summed E-state index contributed by atoms with van der Waals surface area (Å²) in [6.07, 6.45) is 1.82. The van der Waals surface area contributed by atoms with Crippen molar-refractivity contribution < 1.29 is 9.53 Å². The zero-order chi connectivity index (χ0) is 17.8. The number of aromatic amines is 1. The van der Waals surface area contributed by atoms with Crippen LogP contribution in [0.4, 0.5) is 4.79 Å². The molecule has 1 aliphatic rings. The SMILES string of the molecule is Cc1[nH]c2ccccc2c1CCNC(=O)N1CCOCC1CC(C)C. The van der Waals surface area contributed by atoms with E-state index in [-0.39, 0.29) is 12.1 Å². The Morgan fingerprint density at radius 3 is 3.00 bits per heavy atom. The summed E-state index contributed by atoms with van der Waals surface area (Å²) in [7, 11) is 0. The quantitative estimate of drug-likeness (QED) is 0.873. The van der Waals surface area contributed by atoms with Crippen LogP contribution in [0.15, 0.2) is 24.3 Å². The van der Waals surface area contributed by atoms with Gasteiger partial charge >= 0.3 is 6.03 Å². The number of ether oxygens (including phenoxy) is 1. The minimum Gasteiger partial charge on any atom is -0.377 e. The number of aryl methyl sites for hydroxylation is 1. The second-order valence-corrected chi connectivity index (χ2v) is 7.31. The van der Waals surface area contributed by atoms with Crippen molar-refractivity contribution in [1.82, 2.24) is 15.2 Å². The van der Waals surface area contributed by atoms with Gasteiger partial charge in [0.2, 0.25) is 0 Å². The number of fused-ring (bicyclic) bond motifs is 1. The summed E-state index contributed by atoms with van der Waals surface area (Å²) in [5.74, 6) is 0.552. The van der Waals surface area contributed by atoms with E-state index in [4.69, 9.17) is 4.74 Å². The first-order valence-electron chi connectivity index (χ1n) is 9.24. The van der Waals surface area contributed by atoms with E-state index in [9.17, 15) is 4.79 Å². The molecule has 1 unspecified atom stereocenters. The molecule has 1 fully saturated rings. The number of morpholine rings is 1. The molecule has 0 radical (unpaired) electrons. The van der Waals surface area contributed by atoms with E-state index in [0.717, 1.165) is 18.4 Å². The predicted octanol–water partition coefficient (Wildman–Crippen LogP) is 3.48. The van der Waals surface area contributed by atoms with Gasteiger partial charge in [0.15, 0.2) is 0 Å². The molecular weight excluding hydrogens is 314 g/mol. The molecule has 0 aliphatic carbocycles. The predicted molar refractivity (Wildman–Crippen MR) is 101 cm³/mol. The van der Waals surface area contributed by atoms with Crippen LogP contribution in [-0.4, -0.2) is 48.3 Å². The lowest BCUT2D eigenvalue weighted by molar-refractivity contribution is 0.00564. The molecule has 3 rings (SSSR count). The molecular formula is C20H29N3O2. The van der Waals surface area contributed by atoms with Crippen molar-refractivity contribution >= 4 is 16.9 Å². The maximum Gasteiger partial charge on any atom is 0.317 e. The fourth-order valence-corrected chi connectivity index (χ4v) is 3.71. The Balaban J connectivity index is 1.59. The standard InChI is InChI=1S/C20H29N3O2/c1-14(2)12-16-13-25-11-10-23(16)20(24)21-9-8-17-15(3)22-19-7-5-4-6-18(17)19/h4-7,14,16,22H,8-13H2,1-3H3,(H,21,24). The second-order valence-electron chi connectivity index (χ2n) is 7.31. The van der Waals surface area contributed by atoms with Crippen LogP contribution in [0.3, 0.4) is 0 Å². The fraction of sp³-hybridized carbons (Fsp3) is 0.550. The summed E-state index contributed by atoms with van der Waals surface area (Å²) in [6.45, 7) is 9.06. The highest BCUT2D eigenvalue weighted by atomic mass is 16.5. The first kappa shape index (κ1) is 17.8. The van der Waals surface area contributed by atoms with Crippen LogP contribution in [0.2, 0.25) is 0 Å². The third-order valence-corrected chi connectivity index (χ3v) is 4.91. The molecule has 2 heterocycles. The molecule has 5 nitrogen and oxygen atoms in total. The molecule has 2 amide bonds. The van der Waals surface area contributed by atoms with Gasteiger partial charge in [0.1, 0.15) is 0 Å². The lowest BCUT2D eigenvalue weighted by Crippen LogP contribution is -2.53. The summed E-state index contributed by atoms with van der Waals surface area (Å²) < 4.78 is 5.56. The Kier molecular flexibility index (Phi) is 5.63. The van der Waals surface area contributed by atoms with Gasteiger partial charge in [0.05, 0.1) is 19.3 Å². The number of nitrogens with zero attached hydrogens (tertiary/aromatic N) is 1. The number of amides is 2. The Labute approximate surface area is 149 Å². The highest BCUT2D eigenvalue weighted by Crippen LogP contribution is 2.22. The zero-order valence-corrected chi connectivity index (χ0v) is 15.5. The normalized spacial score (nSPS) is 18.1. The van der Waals surface area contributed by atoms with Crippen LogP contribution in [0.25, 0.3) is 10.9 Å². The summed E-state index contributed by atoms with van der Waals surface area (Å²) in [5, 5.41) is 4.35. The first-order chi connectivity index (χ1) is 12.1. The van der Waals surface area contributed by atoms with E-state index >= 15 is 0 Å². The van der Waals surface area contributed by atoms with E-state index in [2.05, 4.69) is 49.3 Å². The molecule has 0 spiro atoms. The van der Waals surface area contributed by atoms with Gasteiger partial charge in [-0.3, -0.25) is 0 Å². The van der Waals surface area contributed by atoms with Crippen molar-refractivity contribution in [2.24, 2.45) is 5.92 Å². The highest BCUT2D eigenvalue weighted by molar-refractivity contribution is 5.84. The smallest absolute Gasteiger partial charge is 0.317 e. The number of carbonyl (C=O) groups is 1. The molecule has 1 aromatic heterocycles. The Hall–Kier alpha value is -2.01. The van der Waals surface area contributed by atoms with Crippen LogP contribution in [0.5, 0.6) is 0 Å². The van der Waals surface area contributed by atoms with Crippen LogP contribution in [0, 0.1) is 12.8 Å². The third kappa shape index (κ3) is 4.15. The van der Waals surface area contributed by atoms with Crippen molar-refractivity contribution in [2.45, 2.75) is 39.7 Å². The molecule has 25 heavy (non-hydrogen) atoms. The van der Waals surface area contributed by atoms with Crippen LogP contribution in [-0.2, 0) is 11.2 Å². The van der Waals surface area contributed by atoms with E-state index < -0.39 is 0 Å². The number of benzene rings is 1. The van der Waals surface area contributed by atoms with Gasteiger partial charge in [-0.2, -0.15) is 0 Å². The van der Waals surface area contributed by atoms with Gasteiger partial charge in [-0.05, 0) is 37.3 Å². The van der Waals surface area contributed by atoms with Crippen molar-refractivity contribution in [1.29, 1.82) is 0 Å². The number of urea groups is 1. The van der Waals surface area contributed by atoms with Gasteiger partial charge in [-0.1, -0.05) is 32.0 Å². The second kappa shape index (κ2) is 7.91. The number of hydrogen-bond donors (Lipinski definition) is 2. The molecule has 1 aliphatic heterocycles. The molecule has 136 valence electrons. The van der Waals surface area contributed by atoms with Crippen molar-refractivity contribution in [3.05, 3.63) is 35.5 Å². The number of H-pyrrole nitrogens is 1. The topological polar surface area (TPSA) is 57.4 Å². The van der Waals surface area contributed by atoms with Gasteiger partial charge in [-0.15, -0.1) is 0 Å². The fourth-order valence-electron chi connectivity index (χ4n) is 3.71. The maximum atomic E-state index is 12.6. The zero-order valence-electron chi connectivity index (χ0n) is 15.5. The minimum atomic E-state index is 0.0337. The molecule has 0 bridgehead atoms. The first-order valence-corrected chi connectivity index (χ1v) is 9.24. The van der Waals surface area contributed by atoms with E-state index in [0.29, 0.717) is 32.2 Å². The van der Waals surface area contributed by atoms with Crippen LogP contribution in [0.1, 0.15) is 31.5 Å². The number of para-hydroxylation sites is 1. The maximum absolute atomic E-state index is 12.6. The van der Waals surface area contributed by atoms with Crippen molar-refractivity contribution in [3.8, 4) is 0 Å². The van der Waals surface area contributed by atoms with Gasteiger partial charge in [-0.25, -0.2) is 4.79 Å². The van der Waals surface area contributed by atoms with Crippen molar-refractivity contribution in [2.75, 3.05) is 26.3 Å². The van der Waals surface area contributed by atoms with Gasteiger partial charge in [0, 0.05) is 29.7 Å². The molecule has 1 atom stereocenters. The van der Waals surface area contributed by atoms with Crippen molar-refractivity contribution in [3.63, 3.8) is 0 Å². The molecule has 0 saturated carbocycles. The van der Waals surface area contributed by atoms with Gasteiger partial charge in [0.25, 0.3) is 0 Å². The summed E-state index contributed by atoms with van der Waals surface area (Å²) in [6, 6.07) is 8.54. The Morgan fingerprint density at radius 1 is 1.40 bits per heavy atom. The van der Waals surface area contributed by atoms with Crippen LogP contribution < -0.4 is 5.32 Å². The summed E-state index contributed by atoms with van der Waals surface area (Å²) >= 11 is 0. The largest absolute Gasteiger partial charge is 0.377 e. The minimum absolute atomic E-state index is 0.0337. The van der Waals surface area contributed by atoms with E-state index in [1.54, 1.807) is 0 Å². The summed E-state index contributed by atoms with van der Waals surface area (Å²) in [5.41, 5.74) is 3.63. The van der Waals surface area contributed by atoms with Gasteiger partial charge < -0.3 is 19.9 Å².